The zero-order valence-electron chi connectivity index (χ0n) is 20.9. The number of carbonyl (C=O) groups is 4. The van der Waals surface area contributed by atoms with Crippen LogP contribution in [0.15, 0.2) is 0 Å². The molecule has 0 bridgehead atoms. The zero-order valence-corrected chi connectivity index (χ0v) is 20.9. The van der Waals surface area contributed by atoms with Crippen LogP contribution in [0.4, 0.5) is 0 Å². The quantitative estimate of drug-likeness (QED) is 0.268. The molecule has 0 fully saturated rings. The minimum atomic E-state index is -1.12. The molecule has 0 aromatic heterocycles. The molecule has 0 rings (SSSR count). The molecule has 7 atom stereocenters. The molecular formula is C23H44N4O5. The minimum Gasteiger partial charge on any atom is -0.480 e. The van der Waals surface area contributed by atoms with E-state index in [1.807, 2.05) is 48.5 Å². The van der Waals surface area contributed by atoms with Crippen molar-refractivity contribution in [2.45, 2.75) is 98.8 Å². The zero-order chi connectivity index (χ0) is 25.2. The van der Waals surface area contributed by atoms with Crippen molar-refractivity contribution in [1.82, 2.24) is 16.0 Å². The van der Waals surface area contributed by atoms with Crippen LogP contribution >= 0.6 is 0 Å². The van der Waals surface area contributed by atoms with Gasteiger partial charge in [0.15, 0.2) is 0 Å². The average Bonchev–Trinajstić information content (AvgIpc) is 2.76. The van der Waals surface area contributed by atoms with Gasteiger partial charge in [0.05, 0.1) is 6.04 Å². The van der Waals surface area contributed by atoms with Gasteiger partial charge in [-0.15, -0.1) is 0 Å². The van der Waals surface area contributed by atoms with E-state index in [1.165, 1.54) is 0 Å². The number of hydrogen-bond donors (Lipinski definition) is 5. The number of nitrogens with one attached hydrogen (secondary N) is 3. The lowest BCUT2D eigenvalue weighted by Gasteiger charge is -2.31. The summed E-state index contributed by atoms with van der Waals surface area (Å²) in [5, 5.41) is 17.6. The van der Waals surface area contributed by atoms with Gasteiger partial charge < -0.3 is 26.8 Å². The number of carbonyl (C=O) groups excluding carboxylic acids is 3. The fourth-order valence-corrected chi connectivity index (χ4v) is 3.13. The third kappa shape index (κ3) is 8.76. The van der Waals surface area contributed by atoms with Crippen LogP contribution in [0.1, 0.15) is 74.7 Å². The Morgan fingerprint density at radius 2 is 0.969 bits per heavy atom. The lowest BCUT2D eigenvalue weighted by molar-refractivity contribution is -0.144. The third-order valence-corrected chi connectivity index (χ3v) is 6.38. The number of hydrogen-bond acceptors (Lipinski definition) is 5. The van der Waals surface area contributed by atoms with Crippen molar-refractivity contribution >= 4 is 23.7 Å². The van der Waals surface area contributed by atoms with E-state index in [-0.39, 0.29) is 23.7 Å². The molecule has 9 nitrogen and oxygen atoms in total. The van der Waals surface area contributed by atoms with Gasteiger partial charge in [0.25, 0.3) is 0 Å². The Kier molecular flexibility index (Phi) is 13.1. The van der Waals surface area contributed by atoms with Gasteiger partial charge in [-0.3, -0.25) is 14.4 Å². The molecule has 3 amide bonds. The van der Waals surface area contributed by atoms with Crippen LogP contribution < -0.4 is 21.7 Å². The van der Waals surface area contributed by atoms with Gasteiger partial charge in [0, 0.05) is 0 Å². The fourth-order valence-electron chi connectivity index (χ4n) is 3.13. The second-order valence-corrected chi connectivity index (χ2v) is 9.22. The summed E-state index contributed by atoms with van der Waals surface area (Å²) in [5.41, 5.74) is 5.93. The lowest BCUT2D eigenvalue weighted by Crippen LogP contribution is -2.60. The summed E-state index contributed by atoms with van der Waals surface area (Å²) < 4.78 is 0. The molecule has 0 aliphatic heterocycles. The first-order valence-corrected chi connectivity index (χ1v) is 11.7. The number of carboxylic acids is 1. The summed E-state index contributed by atoms with van der Waals surface area (Å²) in [5.74, 6) is -3.37. The Morgan fingerprint density at radius 1 is 0.656 bits per heavy atom. The van der Waals surface area contributed by atoms with Crippen molar-refractivity contribution in [3.8, 4) is 0 Å². The van der Waals surface area contributed by atoms with Gasteiger partial charge >= 0.3 is 5.97 Å². The van der Waals surface area contributed by atoms with Crippen molar-refractivity contribution < 1.29 is 24.3 Å². The second kappa shape index (κ2) is 14.1. The Labute approximate surface area is 192 Å². The Balaban J connectivity index is 5.67. The highest BCUT2D eigenvalue weighted by molar-refractivity contribution is 5.94. The van der Waals surface area contributed by atoms with Crippen LogP contribution in [0.2, 0.25) is 0 Å². The minimum absolute atomic E-state index is 0.0946. The summed E-state index contributed by atoms with van der Waals surface area (Å²) in [6.07, 6.45) is 1.80. The summed E-state index contributed by atoms with van der Waals surface area (Å²) in [7, 11) is 0. The van der Waals surface area contributed by atoms with Gasteiger partial charge in [-0.2, -0.15) is 0 Å². The number of nitrogens with two attached hydrogens (primary N) is 1. The van der Waals surface area contributed by atoms with E-state index < -0.39 is 47.9 Å². The molecule has 0 aromatic rings. The molecule has 0 aromatic carbocycles. The van der Waals surface area contributed by atoms with Crippen LogP contribution in [0.25, 0.3) is 0 Å². The largest absolute Gasteiger partial charge is 0.480 e. The van der Waals surface area contributed by atoms with Crippen molar-refractivity contribution in [2.24, 2.45) is 29.4 Å². The molecule has 0 heterocycles. The molecule has 9 heteroatoms. The molecule has 0 saturated carbocycles. The first-order chi connectivity index (χ1) is 14.8. The summed E-state index contributed by atoms with van der Waals surface area (Å²) in [6.45, 7) is 14.7. The van der Waals surface area contributed by atoms with Crippen LogP contribution in [-0.2, 0) is 19.2 Å². The molecule has 0 saturated heterocycles. The molecule has 0 radical (unpaired) electrons. The highest BCUT2D eigenvalue weighted by Gasteiger charge is 2.35. The van der Waals surface area contributed by atoms with Gasteiger partial charge in [0.2, 0.25) is 17.7 Å². The van der Waals surface area contributed by atoms with E-state index >= 15 is 0 Å². The first kappa shape index (κ1) is 29.8. The van der Waals surface area contributed by atoms with E-state index in [9.17, 15) is 24.3 Å². The topological polar surface area (TPSA) is 151 Å². The van der Waals surface area contributed by atoms with Crippen molar-refractivity contribution in [2.75, 3.05) is 0 Å². The van der Waals surface area contributed by atoms with Crippen molar-refractivity contribution in [3.05, 3.63) is 0 Å². The van der Waals surface area contributed by atoms with Gasteiger partial charge in [0.1, 0.15) is 18.1 Å². The van der Waals surface area contributed by atoms with Crippen LogP contribution in [-0.4, -0.2) is 53.0 Å². The van der Waals surface area contributed by atoms with Crippen molar-refractivity contribution in [3.63, 3.8) is 0 Å². The van der Waals surface area contributed by atoms with Gasteiger partial charge in [-0.05, 0) is 23.7 Å². The number of carboxylic acid groups (broad SMARTS) is 1. The smallest absolute Gasteiger partial charge is 0.326 e. The van der Waals surface area contributed by atoms with E-state index in [2.05, 4.69) is 16.0 Å². The Hall–Kier alpha value is -2.16. The Bertz CT molecular complexity index is 640. The molecule has 32 heavy (non-hydrogen) atoms. The number of amides is 3. The normalized spacial score (nSPS) is 17.9. The molecule has 0 unspecified atom stereocenters. The van der Waals surface area contributed by atoms with E-state index in [4.69, 9.17) is 5.73 Å². The maximum absolute atomic E-state index is 13.2. The molecular weight excluding hydrogens is 412 g/mol. The molecule has 186 valence electrons. The first-order valence-electron chi connectivity index (χ1n) is 11.7. The number of rotatable bonds is 14. The summed E-state index contributed by atoms with van der Waals surface area (Å²) in [4.78, 5) is 50.3. The van der Waals surface area contributed by atoms with E-state index in [0.29, 0.717) is 19.3 Å². The summed E-state index contributed by atoms with van der Waals surface area (Å²) >= 11 is 0. The fraction of sp³-hybridized carbons (Fsp3) is 0.826. The van der Waals surface area contributed by atoms with Crippen molar-refractivity contribution in [1.29, 1.82) is 0 Å². The molecule has 6 N–H and O–H groups in total. The predicted octanol–water partition coefficient (Wildman–Crippen LogP) is 1.65. The van der Waals surface area contributed by atoms with Crippen LogP contribution in [0.5, 0.6) is 0 Å². The van der Waals surface area contributed by atoms with E-state index in [0.717, 1.165) is 0 Å². The van der Waals surface area contributed by atoms with Crippen LogP contribution in [0.3, 0.4) is 0 Å². The molecule has 0 spiro atoms. The average molecular weight is 457 g/mol. The van der Waals surface area contributed by atoms with Gasteiger partial charge in [-0.25, -0.2) is 4.79 Å². The summed E-state index contributed by atoms with van der Waals surface area (Å²) in [6, 6.07) is -3.60. The SMILES string of the molecule is CC[C@H](C)[C@H](NC(=O)[C@@H](NC(=O)[C@@H](NC(=O)[C@@H](N)C(C)C)[C@@H](C)CC)[C@@H](C)CC)C(=O)O. The Morgan fingerprint density at radius 3 is 1.28 bits per heavy atom. The highest BCUT2D eigenvalue weighted by Crippen LogP contribution is 2.14. The van der Waals surface area contributed by atoms with Gasteiger partial charge in [-0.1, -0.05) is 74.7 Å². The standard InChI is InChI=1S/C23H44N4O5/c1-9-13(6)17(25-20(28)16(24)12(4)5)21(29)26-18(14(7)10-2)22(30)27-19(23(31)32)15(8)11-3/h12-19H,9-11,24H2,1-8H3,(H,25,28)(H,26,29)(H,27,30)(H,31,32)/t13-,14-,15-,16-,17-,18-,19-/m0/s1. The van der Waals surface area contributed by atoms with Crippen LogP contribution in [0, 0.1) is 23.7 Å². The predicted molar refractivity (Wildman–Crippen MR) is 125 cm³/mol. The maximum atomic E-state index is 13.2. The molecule has 0 aliphatic rings. The maximum Gasteiger partial charge on any atom is 0.326 e. The number of aliphatic carboxylic acids is 1. The lowest BCUT2D eigenvalue weighted by atomic mass is 9.93. The van der Waals surface area contributed by atoms with E-state index in [1.54, 1.807) is 6.92 Å². The third-order valence-electron chi connectivity index (χ3n) is 6.38. The monoisotopic (exact) mass is 456 g/mol. The second-order valence-electron chi connectivity index (χ2n) is 9.22. The molecule has 0 aliphatic carbocycles. The highest BCUT2D eigenvalue weighted by atomic mass is 16.4.